The molecule has 0 bridgehead atoms. The summed E-state index contributed by atoms with van der Waals surface area (Å²) in [4.78, 5) is 36.5. The van der Waals surface area contributed by atoms with Gasteiger partial charge in [0.05, 0.1) is 12.2 Å². The predicted octanol–water partition coefficient (Wildman–Crippen LogP) is 2.19. The number of likely N-dealkylation sites (N-methyl/N-ethyl adjacent to an activating group) is 1. The zero-order valence-electron chi connectivity index (χ0n) is 15.5. The number of carbonyl (C=O) groups is 2. The van der Waals surface area contributed by atoms with E-state index in [1.54, 1.807) is 6.20 Å². The van der Waals surface area contributed by atoms with Crippen LogP contribution in [0.1, 0.15) is 22.5 Å². The zero-order chi connectivity index (χ0) is 18.8. The maximum Gasteiger partial charge on any atom is 0.265 e. The van der Waals surface area contributed by atoms with Crippen molar-refractivity contribution in [3.8, 4) is 10.6 Å². The van der Waals surface area contributed by atoms with E-state index in [4.69, 9.17) is 0 Å². The fourth-order valence-corrected chi connectivity index (χ4v) is 4.70. The van der Waals surface area contributed by atoms with Crippen LogP contribution in [0.2, 0.25) is 0 Å². The first-order valence-corrected chi connectivity index (χ1v) is 10.2. The third kappa shape index (κ3) is 3.75. The number of rotatable bonds is 3. The van der Waals surface area contributed by atoms with Crippen molar-refractivity contribution in [1.82, 2.24) is 19.7 Å². The van der Waals surface area contributed by atoms with E-state index in [1.165, 1.54) is 11.3 Å². The van der Waals surface area contributed by atoms with E-state index in [-0.39, 0.29) is 17.9 Å². The van der Waals surface area contributed by atoms with Crippen LogP contribution in [0.5, 0.6) is 0 Å². The topological polar surface area (TPSA) is 56.8 Å². The van der Waals surface area contributed by atoms with Crippen molar-refractivity contribution in [2.24, 2.45) is 0 Å². The number of amides is 2. The van der Waals surface area contributed by atoms with Crippen LogP contribution in [-0.2, 0) is 4.79 Å². The fraction of sp³-hybridized carbons (Fsp3) is 0.450. The van der Waals surface area contributed by atoms with E-state index in [0.717, 1.165) is 30.0 Å². The van der Waals surface area contributed by atoms with Crippen LogP contribution < -0.4 is 0 Å². The summed E-state index contributed by atoms with van der Waals surface area (Å²) in [6.45, 7) is 3.38. The van der Waals surface area contributed by atoms with E-state index in [1.807, 2.05) is 47.2 Å². The van der Waals surface area contributed by atoms with E-state index >= 15 is 0 Å². The first-order valence-electron chi connectivity index (χ1n) is 9.43. The van der Waals surface area contributed by atoms with Crippen LogP contribution in [-0.4, -0.2) is 77.3 Å². The lowest BCUT2D eigenvalue weighted by atomic mass is 10.1. The minimum Gasteiger partial charge on any atom is -0.338 e. The van der Waals surface area contributed by atoms with Gasteiger partial charge >= 0.3 is 0 Å². The molecule has 2 amide bonds. The molecule has 0 aliphatic carbocycles. The highest BCUT2D eigenvalue weighted by Crippen LogP contribution is 2.26. The van der Waals surface area contributed by atoms with Gasteiger partial charge in [-0.3, -0.25) is 14.5 Å². The van der Waals surface area contributed by atoms with Gasteiger partial charge in [-0.1, -0.05) is 30.3 Å². The maximum atomic E-state index is 12.8. The van der Waals surface area contributed by atoms with E-state index < -0.39 is 0 Å². The standard InChI is InChI=1S/C20H24N4O2S/c1-22-9-5-8-16(22)19(25)23-10-12-24(13-11-23)20(26)17-14-21-18(27-17)15-6-3-2-4-7-15/h2-4,6-7,14,16H,5,8-13H2,1H3. The molecule has 1 aromatic carbocycles. The molecule has 1 atom stereocenters. The van der Waals surface area contributed by atoms with Crippen molar-refractivity contribution in [2.45, 2.75) is 18.9 Å². The number of nitrogens with zero attached hydrogens (tertiary/aromatic N) is 4. The molecule has 1 unspecified atom stereocenters. The van der Waals surface area contributed by atoms with Gasteiger partial charge in [0.1, 0.15) is 9.88 Å². The third-order valence-corrected chi connectivity index (χ3v) is 6.46. The number of hydrogen-bond donors (Lipinski definition) is 0. The van der Waals surface area contributed by atoms with Crippen molar-refractivity contribution in [3.63, 3.8) is 0 Å². The van der Waals surface area contributed by atoms with Gasteiger partial charge in [0.15, 0.2) is 0 Å². The molecule has 2 aliphatic rings. The first-order chi connectivity index (χ1) is 13.1. The molecule has 2 fully saturated rings. The number of thiazole rings is 1. The lowest BCUT2D eigenvalue weighted by Crippen LogP contribution is -2.54. The van der Waals surface area contributed by atoms with Crippen LogP contribution in [0.25, 0.3) is 10.6 Å². The highest BCUT2D eigenvalue weighted by Gasteiger charge is 2.33. The predicted molar refractivity (Wildman–Crippen MR) is 106 cm³/mol. The second-order valence-corrected chi connectivity index (χ2v) is 8.18. The molecule has 1 aromatic heterocycles. The van der Waals surface area contributed by atoms with Crippen LogP contribution in [0.4, 0.5) is 0 Å². The monoisotopic (exact) mass is 384 g/mol. The van der Waals surface area contributed by atoms with Crippen molar-refractivity contribution in [1.29, 1.82) is 0 Å². The highest BCUT2D eigenvalue weighted by molar-refractivity contribution is 7.16. The lowest BCUT2D eigenvalue weighted by molar-refractivity contribution is -0.137. The van der Waals surface area contributed by atoms with Crippen LogP contribution >= 0.6 is 11.3 Å². The van der Waals surface area contributed by atoms with Crippen LogP contribution in [0.15, 0.2) is 36.5 Å². The summed E-state index contributed by atoms with van der Waals surface area (Å²) in [6.07, 6.45) is 3.69. The second-order valence-electron chi connectivity index (χ2n) is 7.15. The molecule has 6 nitrogen and oxygen atoms in total. The molecule has 2 aliphatic heterocycles. The van der Waals surface area contributed by atoms with Gasteiger partial charge in [0, 0.05) is 31.7 Å². The Bertz CT molecular complexity index is 814. The van der Waals surface area contributed by atoms with Crippen LogP contribution in [0, 0.1) is 0 Å². The summed E-state index contributed by atoms with van der Waals surface area (Å²) in [5, 5.41) is 0.858. The largest absolute Gasteiger partial charge is 0.338 e. The number of benzene rings is 1. The first kappa shape index (κ1) is 18.1. The summed E-state index contributed by atoms with van der Waals surface area (Å²) in [6, 6.07) is 9.91. The Hall–Kier alpha value is -2.25. The minimum atomic E-state index is 0.0137. The molecule has 0 N–H and O–H groups in total. The third-order valence-electron chi connectivity index (χ3n) is 5.42. The molecular weight excluding hydrogens is 360 g/mol. The van der Waals surface area contributed by atoms with Crippen molar-refractivity contribution >= 4 is 23.2 Å². The maximum absolute atomic E-state index is 12.8. The average Bonchev–Trinajstić information content (AvgIpc) is 3.37. The Morgan fingerprint density at radius 1 is 1.04 bits per heavy atom. The number of piperazine rings is 1. The molecule has 4 rings (SSSR count). The van der Waals surface area contributed by atoms with Gasteiger partial charge in [0.2, 0.25) is 5.91 Å². The number of carbonyl (C=O) groups excluding carboxylic acids is 2. The molecule has 7 heteroatoms. The summed E-state index contributed by atoms with van der Waals surface area (Å²) < 4.78 is 0. The van der Waals surface area contributed by atoms with Gasteiger partial charge < -0.3 is 9.80 Å². The number of aromatic nitrogens is 1. The SMILES string of the molecule is CN1CCCC1C(=O)N1CCN(C(=O)c2cnc(-c3ccccc3)s2)CC1. The van der Waals surface area contributed by atoms with Gasteiger partial charge in [-0.15, -0.1) is 11.3 Å². The summed E-state index contributed by atoms with van der Waals surface area (Å²) in [7, 11) is 2.02. The molecule has 142 valence electrons. The van der Waals surface area contributed by atoms with Crippen molar-refractivity contribution < 1.29 is 9.59 Å². The van der Waals surface area contributed by atoms with Gasteiger partial charge in [0.25, 0.3) is 5.91 Å². The normalized spacial score (nSPS) is 20.9. The van der Waals surface area contributed by atoms with E-state index in [9.17, 15) is 9.59 Å². The number of hydrogen-bond acceptors (Lipinski definition) is 5. The second kappa shape index (κ2) is 7.78. The molecule has 0 radical (unpaired) electrons. The Labute approximate surface area is 163 Å². The Morgan fingerprint density at radius 3 is 2.41 bits per heavy atom. The summed E-state index contributed by atoms with van der Waals surface area (Å²) in [5.74, 6) is 0.228. The minimum absolute atomic E-state index is 0.0137. The van der Waals surface area contributed by atoms with E-state index in [2.05, 4.69) is 9.88 Å². The molecule has 0 saturated carbocycles. The molecule has 2 saturated heterocycles. The molecule has 3 heterocycles. The quantitative estimate of drug-likeness (QED) is 0.814. The molecule has 2 aromatic rings. The molecular formula is C20H24N4O2S. The zero-order valence-corrected chi connectivity index (χ0v) is 16.3. The van der Waals surface area contributed by atoms with Crippen LogP contribution in [0.3, 0.4) is 0 Å². The van der Waals surface area contributed by atoms with Gasteiger partial charge in [-0.05, 0) is 26.4 Å². The number of likely N-dealkylation sites (tertiary alicyclic amines) is 1. The summed E-state index contributed by atoms with van der Waals surface area (Å²) in [5.41, 5.74) is 1.03. The fourth-order valence-electron chi connectivity index (χ4n) is 3.81. The van der Waals surface area contributed by atoms with Gasteiger partial charge in [-0.2, -0.15) is 0 Å². The Balaban J connectivity index is 1.36. The van der Waals surface area contributed by atoms with Crippen molar-refractivity contribution in [3.05, 3.63) is 41.4 Å². The molecule has 0 spiro atoms. The van der Waals surface area contributed by atoms with E-state index in [0.29, 0.717) is 31.1 Å². The smallest absolute Gasteiger partial charge is 0.265 e. The molecule has 27 heavy (non-hydrogen) atoms. The van der Waals surface area contributed by atoms with Crippen molar-refractivity contribution in [2.75, 3.05) is 39.8 Å². The van der Waals surface area contributed by atoms with Gasteiger partial charge in [-0.25, -0.2) is 4.98 Å². The highest BCUT2D eigenvalue weighted by atomic mass is 32.1. The lowest BCUT2D eigenvalue weighted by Gasteiger charge is -2.36. The average molecular weight is 385 g/mol. The summed E-state index contributed by atoms with van der Waals surface area (Å²) >= 11 is 1.43. The Morgan fingerprint density at radius 2 is 1.74 bits per heavy atom. The Kier molecular flexibility index (Phi) is 5.22.